The highest BCUT2D eigenvalue weighted by molar-refractivity contribution is 4.83. The van der Waals surface area contributed by atoms with Crippen LogP contribution in [0.4, 0.5) is 0 Å². The van der Waals surface area contributed by atoms with Crippen molar-refractivity contribution in [1.82, 2.24) is 10.2 Å². The number of ether oxygens (including phenoxy) is 1. The molecule has 1 saturated carbocycles. The molecule has 3 nitrogen and oxygen atoms in total. The molecule has 2 aliphatic rings. The standard InChI is InChI=1S/C17H34N2O/c1-3-10-18-17-9-7-5-6-8-15(17)13-19-11-12-20-16(4-2)14-19/h15-18H,3-14H2,1-2H3. The normalized spacial score (nSPS) is 33.0. The Kier molecular flexibility index (Phi) is 7.32. The summed E-state index contributed by atoms with van der Waals surface area (Å²) in [7, 11) is 0. The quantitative estimate of drug-likeness (QED) is 0.758. The summed E-state index contributed by atoms with van der Waals surface area (Å²) in [6.07, 6.45) is 9.94. The van der Waals surface area contributed by atoms with Crippen molar-refractivity contribution in [2.75, 3.05) is 32.8 Å². The van der Waals surface area contributed by atoms with Crippen LogP contribution in [-0.4, -0.2) is 49.8 Å². The molecule has 3 heteroatoms. The molecule has 0 aromatic carbocycles. The molecule has 118 valence electrons. The number of hydrogen-bond acceptors (Lipinski definition) is 3. The van der Waals surface area contributed by atoms with Crippen molar-refractivity contribution in [3.8, 4) is 0 Å². The molecular weight excluding hydrogens is 248 g/mol. The monoisotopic (exact) mass is 282 g/mol. The first kappa shape index (κ1) is 16.3. The van der Waals surface area contributed by atoms with Crippen molar-refractivity contribution >= 4 is 0 Å². The minimum Gasteiger partial charge on any atom is -0.376 e. The molecule has 1 N–H and O–H groups in total. The summed E-state index contributed by atoms with van der Waals surface area (Å²) in [4.78, 5) is 2.66. The molecule has 0 aromatic heterocycles. The predicted molar refractivity (Wildman–Crippen MR) is 85.1 cm³/mol. The second-order valence-corrected chi connectivity index (χ2v) is 6.62. The van der Waals surface area contributed by atoms with E-state index in [4.69, 9.17) is 4.74 Å². The Balaban J connectivity index is 1.85. The van der Waals surface area contributed by atoms with Gasteiger partial charge >= 0.3 is 0 Å². The molecule has 0 amide bonds. The van der Waals surface area contributed by atoms with Gasteiger partial charge < -0.3 is 10.1 Å². The summed E-state index contributed by atoms with van der Waals surface area (Å²) in [5.74, 6) is 0.847. The molecular formula is C17H34N2O. The molecule has 0 bridgehead atoms. The molecule has 1 heterocycles. The van der Waals surface area contributed by atoms with Gasteiger partial charge in [-0.2, -0.15) is 0 Å². The van der Waals surface area contributed by atoms with E-state index in [1.165, 1.54) is 51.6 Å². The summed E-state index contributed by atoms with van der Waals surface area (Å²) < 4.78 is 5.81. The second kappa shape index (κ2) is 9.01. The predicted octanol–water partition coefficient (Wildman–Crippen LogP) is 3.05. The van der Waals surface area contributed by atoms with Gasteiger partial charge in [-0.05, 0) is 38.1 Å². The maximum Gasteiger partial charge on any atom is 0.0700 e. The van der Waals surface area contributed by atoms with Crippen molar-refractivity contribution < 1.29 is 4.74 Å². The highest BCUT2D eigenvalue weighted by Gasteiger charge is 2.27. The van der Waals surface area contributed by atoms with Gasteiger partial charge in [-0.25, -0.2) is 0 Å². The smallest absolute Gasteiger partial charge is 0.0700 e. The Hall–Kier alpha value is -0.120. The van der Waals surface area contributed by atoms with Crippen LogP contribution in [0.15, 0.2) is 0 Å². The van der Waals surface area contributed by atoms with Gasteiger partial charge in [0.1, 0.15) is 0 Å². The molecule has 1 saturated heterocycles. The first-order valence-electron chi connectivity index (χ1n) is 8.90. The zero-order chi connectivity index (χ0) is 14.2. The maximum absolute atomic E-state index is 5.81. The van der Waals surface area contributed by atoms with Gasteiger partial charge in [0.15, 0.2) is 0 Å². The largest absolute Gasteiger partial charge is 0.376 e. The first-order chi connectivity index (χ1) is 9.83. The topological polar surface area (TPSA) is 24.5 Å². The van der Waals surface area contributed by atoms with Crippen molar-refractivity contribution in [1.29, 1.82) is 0 Å². The highest BCUT2D eigenvalue weighted by Crippen LogP contribution is 2.25. The molecule has 20 heavy (non-hydrogen) atoms. The lowest BCUT2D eigenvalue weighted by Gasteiger charge is -2.37. The van der Waals surface area contributed by atoms with Gasteiger partial charge in [0.05, 0.1) is 12.7 Å². The van der Waals surface area contributed by atoms with Crippen LogP contribution in [0.1, 0.15) is 58.8 Å². The third-order valence-electron chi connectivity index (χ3n) is 4.99. The summed E-state index contributed by atoms with van der Waals surface area (Å²) >= 11 is 0. The number of morpholine rings is 1. The van der Waals surface area contributed by atoms with E-state index in [9.17, 15) is 0 Å². The summed E-state index contributed by atoms with van der Waals surface area (Å²) in [5, 5.41) is 3.82. The molecule has 2 rings (SSSR count). The van der Waals surface area contributed by atoms with Crippen LogP contribution in [0, 0.1) is 5.92 Å². The summed E-state index contributed by atoms with van der Waals surface area (Å²) in [5.41, 5.74) is 0. The van der Waals surface area contributed by atoms with E-state index in [1.54, 1.807) is 0 Å². The summed E-state index contributed by atoms with van der Waals surface area (Å²) in [6.45, 7) is 10.2. The average Bonchev–Trinajstić information content (AvgIpc) is 2.70. The van der Waals surface area contributed by atoms with E-state index in [-0.39, 0.29) is 0 Å². The highest BCUT2D eigenvalue weighted by atomic mass is 16.5. The third-order valence-corrected chi connectivity index (χ3v) is 4.99. The van der Waals surface area contributed by atoms with Crippen LogP contribution in [0.25, 0.3) is 0 Å². The van der Waals surface area contributed by atoms with Gasteiger partial charge in [0.2, 0.25) is 0 Å². The zero-order valence-electron chi connectivity index (χ0n) is 13.6. The molecule has 1 aliphatic heterocycles. The van der Waals surface area contributed by atoms with Crippen LogP contribution in [0.3, 0.4) is 0 Å². The minimum absolute atomic E-state index is 0.469. The van der Waals surface area contributed by atoms with Crippen LogP contribution in [0.5, 0.6) is 0 Å². The number of nitrogens with one attached hydrogen (secondary N) is 1. The van der Waals surface area contributed by atoms with Gasteiger partial charge in [0.25, 0.3) is 0 Å². The number of nitrogens with zero attached hydrogens (tertiary/aromatic N) is 1. The van der Waals surface area contributed by atoms with Crippen LogP contribution in [0.2, 0.25) is 0 Å². The van der Waals surface area contributed by atoms with E-state index in [0.717, 1.165) is 38.1 Å². The van der Waals surface area contributed by atoms with Gasteiger partial charge in [-0.15, -0.1) is 0 Å². The van der Waals surface area contributed by atoms with E-state index in [2.05, 4.69) is 24.1 Å². The van der Waals surface area contributed by atoms with Crippen molar-refractivity contribution in [2.45, 2.75) is 70.9 Å². The molecule has 0 radical (unpaired) electrons. The van der Waals surface area contributed by atoms with E-state index in [1.807, 2.05) is 0 Å². The van der Waals surface area contributed by atoms with Gasteiger partial charge in [-0.3, -0.25) is 4.90 Å². The molecule has 0 spiro atoms. The SMILES string of the molecule is CCCNC1CCCCCC1CN1CCOC(CC)C1. The van der Waals surface area contributed by atoms with Crippen molar-refractivity contribution in [3.05, 3.63) is 0 Å². The van der Waals surface area contributed by atoms with Crippen LogP contribution >= 0.6 is 0 Å². The Morgan fingerprint density at radius 2 is 2.00 bits per heavy atom. The van der Waals surface area contributed by atoms with Crippen LogP contribution < -0.4 is 5.32 Å². The van der Waals surface area contributed by atoms with E-state index in [0.29, 0.717) is 6.10 Å². The average molecular weight is 282 g/mol. The molecule has 3 atom stereocenters. The molecule has 2 fully saturated rings. The fourth-order valence-corrected chi connectivity index (χ4v) is 3.73. The van der Waals surface area contributed by atoms with E-state index >= 15 is 0 Å². The lowest BCUT2D eigenvalue weighted by Crippen LogP contribution is -2.48. The Morgan fingerprint density at radius 1 is 1.15 bits per heavy atom. The Bertz CT molecular complexity index is 259. The lowest BCUT2D eigenvalue weighted by atomic mass is 9.93. The van der Waals surface area contributed by atoms with Crippen LogP contribution in [-0.2, 0) is 4.74 Å². The van der Waals surface area contributed by atoms with Crippen molar-refractivity contribution in [2.24, 2.45) is 5.92 Å². The summed E-state index contributed by atoms with van der Waals surface area (Å²) in [6, 6.07) is 0.750. The second-order valence-electron chi connectivity index (χ2n) is 6.62. The third kappa shape index (κ3) is 5.01. The minimum atomic E-state index is 0.469. The lowest BCUT2D eigenvalue weighted by molar-refractivity contribution is -0.0359. The molecule has 0 aromatic rings. The Morgan fingerprint density at radius 3 is 2.80 bits per heavy atom. The first-order valence-corrected chi connectivity index (χ1v) is 8.90. The Labute approximate surface area is 125 Å². The van der Waals surface area contributed by atoms with Crippen molar-refractivity contribution in [3.63, 3.8) is 0 Å². The molecule has 1 aliphatic carbocycles. The van der Waals surface area contributed by atoms with Gasteiger partial charge in [0, 0.05) is 25.7 Å². The molecule has 3 unspecified atom stereocenters. The number of rotatable bonds is 6. The number of hydrogen-bond donors (Lipinski definition) is 1. The van der Waals surface area contributed by atoms with Gasteiger partial charge in [-0.1, -0.05) is 33.1 Å². The maximum atomic E-state index is 5.81. The fourth-order valence-electron chi connectivity index (χ4n) is 3.73. The van der Waals surface area contributed by atoms with E-state index < -0.39 is 0 Å². The zero-order valence-corrected chi connectivity index (χ0v) is 13.6. The fraction of sp³-hybridized carbons (Fsp3) is 1.00.